The van der Waals surface area contributed by atoms with Gasteiger partial charge in [-0.1, -0.05) is 66.5 Å². The smallest absolute Gasteiger partial charge is 0.337 e. The number of methoxy groups -OCH3 is 1. The number of hydrogen-bond donors (Lipinski definition) is 2. The van der Waals surface area contributed by atoms with Gasteiger partial charge in [0.2, 0.25) is 0 Å². The fourth-order valence-corrected chi connectivity index (χ4v) is 5.09. The third kappa shape index (κ3) is 5.83. The molecule has 0 amide bonds. The zero-order valence-corrected chi connectivity index (χ0v) is 23.5. The van der Waals surface area contributed by atoms with E-state index in [0.717, 1.165) is 34.6 Å². The Morgan fingerprint density at radius 3 is 2.27 bits per heavy atom. The number of nitrogens with zero attached hydrogens (tertiary/aromatic N) is 1. The van der Waals surface area contributed by atoms with Gasteiger partial charge < -0.3 is 20.2 Å². The lowest BCUT2D eigenvalue weighted by atomic mass is 9.93. The van der Waals surface area contributed by atoms with Crippen LogP contribution in [-0.2, 0) is 4.74 Å². The van der Waals surface area contributed by atoms with Crippen LogP contribution in [0.2, 0.25) is 10.0 Å². The van der Waals surface area contributed by atoms with Crippen LogP contribution >= 0.6 is 23.2 Å². The summed E-state index contributed by atoms with van der Waals surface area (Å²) in [7, 11) is 1.33. The van der Waals surface area contributed by atoms with Crippen LogP contribution < -0.4 is 10.5 Å². The van der Waals surface area contributed by atoms with Crippen molar-refractivity contribution in [3.8, 4) is 33.9 Å². The van der Waals surface area contributed by atoms with Gasteiger partial charge in [-0.15, -0.1) is 0 Å². The second-order valence-electron chi connectivity index (χ2n) is 9.26. The summed E-state index contributed by atoms with van der Waals surface area (Å²) in [6, 6.07) is 26.5. The maximum atomic E-state index is 11.7. The SMILES string of the molecule is CCC(c1ccc(-c2ccc(Oc3ccc(C(=O)OC)cc3N)cc2)cc1)c1ncc(-c2ccc(Cl)cc2Cl)[nH]1. The molecule has 1 aromatic heterocycles. The number of nitrogens with one attached hydrogen (secondary N) is 1. The number of nitrogens with two attached hydrogens (primary N) is 1. The molecule has 3 N–H and O–H groups in total. The molecule has 0 saturated heterocycles. The van der Waals surface area contributed by atoms with Gasteiger partial charge in [-0.3, -0.25) is 0 Å². The average Bonchev–Trinajstić information content (AvgIpc) is 3.44. The first-order valence-electron chi connectivity index (χ1n) is 12.7. The summed E-state index contributed by atoms with van der Waals surface area (Å²) in [5, 5.41) is 1.18. The highest BCUT2D eigenvalue weighted by atomic mass is 35.5. The van der Waals surface area contributed by atoms with Crippen molar-refractivity contribution >= 4 is 34.9 Å². The Morgan fingerprint density at radius 1 is 0.950 bits per heavy atom. The maximum absolute atomic E-state index is 11.7. The van der Waals surface area contributed by atoms with Gasteiger partial charge in [0.05, 0.1) is 35.3 Å². The summed E-state index contributed by atoms with van der Waals surface area (Å²) in [6.07, 6.45) is 2.70. The van der Waals surface area contributed by atoms with E-state index < -0.39 is 5.97 Å². The highest BCUT2D eigenvalue weighted by Crippen LogP contribution is 2.34. The zero-order valence-electron chi connectivity index (χ0n) is 21.9. The number of benzene rings is 4. The number of ether oxygens (including phenoxy) is 2. The predicted octanol–water partition coefficient (Wildman–Crippen LogP) is 8.75. The highest BCUT2D eigenvalue weighted by molar-refractivity contribution is 6.36. The zero-order chi connectivity index (χ0) is 28.2. The summed E-state index contributed by atoms with van der Waals surface area (Å²) >= 11 is 12.4. The number of imidazole rings is 1. The van der Waals surface area contributed by atoms with Gasteiger partial charge in [0.25, 0.3) is 0 Å². The van der Waals surface area contributed by atoms with E-state index in [1.165, 1.54) is 18.7 Å². The molecule has 4 aromatic carbocycles. The summed E-state index contributed by atoms with van der Waals surface area (Å²) < 4.78 is 10.7. The molecule has 8 heteroatoms. The minimum absolute atomic E-state index is 0.112. The fourth-order valence-electron chi connectivity index (χ4n) is 4.58. The molecule has 0 spiro atoms. The Labute approximate surface area is 242 Å². The van der Waals surface area contributed by atoms with Gasteiger partial charge in [0.15, 0.2) is 0 Å². The number of hydrogen-bond acceptors (Lipinski definition) is 5. The van der Waals surface area contributed by atoms with Crippen LogP contribution in [-0.4, -0.2) is 23.0 Å². The van der Waals surface area contributed by atoms with E-state index in [0.29, 0.717) is 32.8 Å². The summed E-state index contributed by atoms with van der Waals surface area (Å²) in [6.45, 7) is 2.14. The predicted molar refractivity (Wildman–Crippen MR) is 160 cm³/mol. The van der Waals surface area contributed by atoms with Gasteiger partial charge in [-0.2, -0.15) is 0 Å². The molecule has 5 aromatic rings. The van der Waals surface area contributed by atoms with Gasteiger partial charge in [0, 0.05) is 16.5 Å². The molecule has 0 aliphatic carbocycles. The number of anilines is 1. The van der Waals surface area contributed by atoms with Crippen LogP contribution in [0.3, 0.4) is 0 Å². The molecule has 0 aliphatic heterocycles. The first-order chi connectivity index (χ1) is 19.4. The van der Waals surface area contributed by atoms with Gasteiger partial charge in [0.1, 0.15) is 17.3 Å². The summed E-state index contributed by atoms with van der Waals surface area (Å²) in [5.41, 5.74) is 11.8. The molecule has 0 aliphatic rings. The Bertz CT molecular complexity index is 1650. The average molecular weight is 572 g/mol. The van der Waals surface area contributed by atoms with E-state index in [1.54, 1.807) is 18.2 Å². The molecule has 0 bridgehead atoms. The van der Waals surface area contributed by atoms with Crippen molar-refractivity contribution in [2.45, 2.75) is 19.3 Å². The molecule has 202 valence electrons. The number of H-pyrrole nitrogens is 1. The Kier molecular flexibility index (Phi) is 8.10. The van der Waals surface area contributed by atoms with Gasteiger partial charge in [-0.25, -0.2) is 9.78 Å². The fraction of sp³-hybridized carbons (Fsp3) is 0.125. The molecule has 0 saturated carbocycles. The van der Waals surface area contributed by atoms with Crippen LogP contribution in [0.5, 0.6) is 11.5 Å². The maximum Gasteiger partial charge on any atom is 0.337 e. The lowest BCUT2D eigenvalue weighted by molar-refractivity contribution is 0.0601. The van der Waals surface area contributed by atoms with E-state index in [1.807, 2.05) is 42.6 Å². The quantitative estimate of drug-likeness (QED) is 0.143. The molecular formula is C32H27Cl2N3O3. The second-order valence-corrected chi connectivity index (χ2v) is 10.1. The van der Waals surface area contributed by atoms with Crippen LogP contribution in [0.25, 0.3) is 22.4 Å². The monoisotopic (exact) mass is 571 g/mol. The Morgan fingerprint density at radius 2 is 1.65 bits per heavy atom. The molecule has 1 unspecified atom stereocenters. The van der Waals surface area contributed by atoms with Crippen molar-refractivity contribution in [1.29, 1.82) is 0 Å². The number of halogens is 2. The number of rotatable bonds is 8. The van der Waals surface area contributed by atoms with Crippen molar-refractivity contribution in [3.63, 3.8) is 0 Å². The van der Waals surface area contributed by atoms with Crippen molar-refractivity contribution in [2.24, 2.45) is 0 Å². The molecular weight excluding hydrogens is 545 g/mol. The van der Waals surface area contributed by atoms with E-state index >= 15 is 0 Å². The number of aromatic nitrogens is 2. The van der Waals surface area contributed by atoms with Gasteiger partial charge in [-0.05, 0) is 71.6 Å². The lowest BCUT2D eigenvalue weighted by Crippen LogP contribution is -2.02. The number of carbonyl (C=O) groups is 1. The first kappa shape index (κ1) is 27.3. The second kappa shape index (κ2) is 11.9. The van der Waals surface area contributed by atoms with E-state index in [4.69, 9.17) is 38.4 Å². The Balaban J connectivity index is 1.29. The van der Waals surface area contributed by atoms with Crippen LogP contribution in [0, 0.1) is 0 Å². The minimum atomic E-state index is -0.448. The topological polar surface area (TPSA) is 90.2 Å². The summed E-state index contributed by atoms with van der Waals surface area (Å²) in [5.74, 6) is 1.65. The molecule has 0 fully saturated rings. The van der Waals surface area contributed by atoms with Crippen LogP contribution in [0.15, 0.2) is 91.1 Å². The first-order valence-corrected chi connectivity index (χ1v) is 13.5. The van der Waals surface area contributed by atoms with E-state index in [-0.39, 0.29) is 5.92 Å². The molecule has 0 radical (unpaired) electrons. The number of aromatic amines is 1. The molecule has 1 heterocycles. The van der Waals surface area contributed by atoms with Crippen LogP contribution in [0.4, 0.5) is 5.69 Å². The van der Waals surface area contributed by atoms with Crippen molar-refractivity contribution < 1.29 is 14.3 Å². The largest absolute Gasteiger partial charge is 0.465 e. The number of carbonyl (C=O) groups excluding carboxylic acids is 1. The van der Waals surface area contributed by atoms with Gasteiger partial charge >= 0.3 is 5.97 Å². The standard InChI is InChI=1S/C32H27Cl2N3O3/c1-3-25(31-36-18-29(37-31)26-14-11-23(33)17-27(26)34)21-6-4-19(5-7-21)20-8-12-24(13-9-20)40-30-15-10-22(16-28(30)35)32(38)39-2/h4-18,25H,3,35H2,1-2H3,(H,36,37). The molecule has 40 heavy (non-hydrogen) atoms. The van der Waals surface area contributed by atoms with Crippen LogP contribution in [0.1, 0.15) is 41.0 Å². The molecule has 5 rings (SSSR count). The lowest BCUT2D eigenvalue weighted by Gasteiger charge is -2.14. The minimum Gasteiger partial charge on any atom is -0.465 e. The molecule has 1 atom stereocenters. The van der Waals surface area contributed by atoms with E-state index in [2.05, 4.69) is 41.2 Å². The number of esters is 1. The Hall–Kier alpha value is -4.26. The molecule has 6 nitrogen and oxygen atoms in total. The van der Waals surface area contributed by atoms with Crippen molar-refractivity contribution in [3.05, 3.63) is 118 Å². The third-order valence-electron chi connectivity index (χ3n) is 6.71. The normalized spacial score (nSPS) is 11.7. The number of nitrogen functional groups attached to an aromatic ring is 1. The third-order valence-corrected chi connectivity index (χ3v) is 7.26. The van der Waals surface area contributed by atoms with E-state index in [9.17, 15) is 4.79 Å². The van der Waals surface area contributed by atoms with Crippen molar-refractivity contribution in [2.75, 3.05) is 12.8 Å². The summed E-state index contributed by atoms with van der Waals surface area (Å²) in [4.78, 5) is 19.8. The van der Waals surface area contributed by atoms with Crippen molar-refractivity contribution in [1.82, 2.24) is 9.97 Å². The highest BCUT2D eigenvalue weighted by Gasteiger charge is 2.17.